The maximum absolute atomic E-state index is 12.1. The van der Waals surface area contributed by atoms with Gasteiger partial charge in [0.05, 0.1) is 7.11 Å². The van der Waals surface area contributed by atoms with E-state index in [0.717, 1.165) is 29.0 Å². The van der Waals surface area contributed by atoms with Crippen LogP contribution in [0, 0.1) is 6.92 Å². The molecule has 5 heteroatoms. The third-order valence-corrected chi connectivity index (χ3v) is 3.51. The molecular weight excluding hydrogens is 292 g/mol. The summed E-state index contributed by atoms with van der Waals surface area (Å²) < 4.78 is 10.6. The Hall–Kier alpha value is -2.69. The first-order valence-corrected chi connectivity index (χ1v) is 7.49. The van der Waals surface area contributed by atoms with Gasteiger partial charge in [-0.25, -0.2) is 0 Å². The average Bonchev–Trinajstić information content (AvgIpc) is 2.55. The van der Waals surface area contributed by atoms with Crippen LogP contribution < -0.4 is 20.5 Å². The van der Waals surface area contributed by atoms with Gasteiger partial charge in [0.2, 0.25) is 0 Å². The van der Waals surface area contributed by atoms with E-state index in [1.54, 1.807) is 31.4 Å². The molecule has 0 spiro atoms. The Labute approximate surface area is 136 Å². The number of rotatable bonds is 6. The van der Waals surface area contributed by atoms with Gasteiger partial charge < -0.3 is 20.5 Å². The van der Waals surface area contributed by atoms with Gasteiger partial charge in [0.15, 0.2) is 6.61 Å². The van der Waals surface area contributed by atoms with Gasteiger partial charge in [-0.3, -0.25) is 4.79 Å². The van der Waals surface area contributed by atoms with Crippen molar-refractivity contribution in [1.82, 2.24) is 0 Å². The minimum absolute atomic E-state index is 0.0563. The minimum atomic E-state index is -0.205. The molecule has 0 saturated heterocycles. The number of nitrogens with one attached hydrogen (secondary N) is 1. The van der Waals surface area contributed by atoms with E-state index in [-0.39, 0.29) is 12.5 Å². The summed E-state index contributed by atoms with van der Waals surface area (Å²) in [5.41, 5.74) is 9.31. The largest absolute Gasteiger partial charge is 0.497 e. The molecular formula is C18H22N2O3. The molecule has 5 nitrogen and oxygen atoms in total. The van der Waals surface area contributed by atoms with Crippen molar-refractivity contribution in [2.24, 2.45) is 0 Å². The van der Waals surface area contributed by atoms with Crippen LogP contribution in [0.15, 0.2) is 36.4 Å². The van der Waals surface area contributed by atoms with E-state index in [4.69, 9.17) is 15.2 Å². The topological polar surface area (TPSA) is 73.6 Å². The number of benzene rings is 2. The van der Waals surface area contributed by atoms with E-state index < -0.39 is 0 Å². The summed E-state index contributed by atoms with van der Waals surface area (Å²) in [6.45, 7) is 3.90. The molecule has 2 aromatic rings. The molecule has 0 aromatic heterocycles. The molecule has 2 aromatic carbocycles. The van der Waals surface area contributed by atoms with Crippen molar-refractivity contribution < 1.29 is 14.3 Å². The number of methoxy groups -OCH3 is 1. The molecule has 0 bridgehead atoms. The zero-order valence-corrected chi connectivity index (χ0v) is 13.7. The highest BCUT2D eigenvalue weighted by atomic mass is 16.5. The molecule has 3 N–H and O–H groups in total. The SMILES string of the molecule is CCc1cc(N)cc(C)c1NC(=O)COc1ccc(OC)cc1. The number of hydrogen-bond acceptors (Lipinski definition) is 4. The van der Waals surface area contributed by atoms with Gasteiger partial charge in [-0.05, 0) is 60.9 Å². The number of nitrogens with two attached hydrogens (primary N) is 1. The number of carbonyl (C=O) groups excluding carboxylic acids is 1. The van der Waals surface area contributed by atoms with Crippen LogP contribution in [0.3, 0.4) is 0 Å². The number of anilines is 2. The first-order chi connectivity index (χ1) is 11.0. The summed E-state index contributed by atoms with van der Waals surface area (Å²) >= 11 is 0. The van der Waals surface area contributed by atoms with E-state index in [0.29, 0.717) is 11.4 Å². The predicted molar refractivity (Wildman–Crippen MR) is 92.1 cm³/mol. The lowest BCUT2D eigenvalue weighted by Crippen LogP contribution is -2.21. The second-order valence-electron chi connectivity index (χ2n) is 5.24. The number of nitrogen functional groups attached to an aromatic ring is 1. The van der Waals surface area contributed by atoms with Crippen molar-refractivity contribution in [3.05, 3.63) is 47.5 Å². The fourth-order valence-corrected chi connectivity index (χ4v) is 2.34. The predicted octanol–water partition coefficient (Wildman–Crippen LogP) is 3.17. The van der Waals surface area contributed by atoms with Crippen molar-refractivity contribution >= 4 is 17.3 Å². The molecule has 1 amide bonds. The summed E-state index contributed by atoms with van der Waals surface area (Å²) in [6.07, 6.45) is 0.792. The van der Waals surface area contributed by atoms with Gasteiger partial charge >= 0.3 is 0 Å². The summed E-state index contributed by atoms with van der Waals surface area (Å²) in [5, 5.41) is 2.91. The van der Waals surface area contributed by atoms with Crippen LogP contribution >= 0.6 is 0 Å². The Morgan fingerprint density at radius 1 is 1.17 bits per heavy atom. The maximum Gasteiger partial charge on any atom is 0.262 e. The highest BCUT2D eigenvalue weighted by Gasteiger charge is 2.10. The Balaban J connectivity index is 1.99. The fraction of sp³-hybridized carbons (Fsp3) is 0.278. The molecule has 0 atom stereocenters. The zero-order chi connectivity index (χ0) is 16.8. The average molecular weight is 314 g/mol. The molecule has 0 radical (unpaired) electrons. The monoisotopic (exact) mass is 314 g/mol. The Kier molecular flexibility index (Phi) is 5.46. The van der Waals surface area contributed by atoms with Gasteiger partial charge in [-0.1, -0.05) is 6.92 Å². The molecule has 0 unspecified atom stereocenters. The number of carbonyl (C=O) groups is 1. The third kappa shape index (κ3) is 4.39. The summed E-state index contributed by atoms with van der Waals surface area (Å²) in [4.78, 5) is 12.1. The number of ether oxygens (including phenoxy) is 2. The molecule has 0 heterocycles. The van der Waals surface area contributed by atoms with Gasteiger partial charge in [-0.2, -0.15) is 0 Å². The summed E-state index contributed by atoms with van der Waals surface area (Å²) in [5.74, 6) is 1.15. The molecule has 0 saturated carbocycles. The number of hydrogen-bond donors (Lipinski definition) is 2. The van der Waals surface area contributed by atoms with Crippen molar-refractivity contribution in [2.75, 3.05) is 24.8 Å². The van der Waals surface area contributed by atoms with Crippen LogP contribution in [-0.2, 0) is 11.2 Å². The van der Waals surface area contributed by atoms with Gasteiger partial charge in [0, 0.05) is 11.4 Å². The van der Waals surface area contributed by atoms with Crippen LogP contribution in [0.1, 0.15) is 18.1 Å². The van der Waals surface area contributed by atoms with Crippen LogP contribution in [0.25, 0.3) is 0 Å². The van der Waals surface area contributed by atoms with Crippen LogP contribution in [-0.4, -0.2) is 19.6 Å². The van der Waals surface area contributed by atoms with Gasteiger partial charge in [-0.15, -0.1) is 0 Å². The van der Waals surface area contributed by atoms with Crippen LogP contribution in [0.4, 0.5) is 11.4 Å². The second-order valence-corrected chi connectivity index (χ2v) is 5.24. The van der Waals surface area contributed by atoms with Crippen LogP contribution in [0.5, 0.6) is 11.5 Å². The summed E-state index contributed by atoms with van der Waals surface area (Å²) in [7, 11) is 1.60. The van der Waals surface area contributed by atoms with Crippen molar-refractivity contribution in [1.29, 1.82) is 0 Å². The normalized spacial score (nSPS) is 10.2. The molecule has 2 rings (SSSR count). The second kappa shape index (κ2) is 7.54. The van der Waals surface area contributed by atoms with E-state index >= 15 is 0 Å². The molecule has 0 aliphatic carbocycles. The van der Waals surface area contributed by atoms with Gasteiger partial charge in [0.25, 0.3) is 5.91 Å². The molecule has 23 heavy (non-hydrogen) atoms. The Bertz CT molecular complexity index is 681. The Morgan fingerprint density at radius 2 is 1.83 bits per heavy atom. The standard InChI is InChI=1S/C18H22N2O3/c1-4-13-10-14(19)9-12(2)18(13)20-17(21)11-23-16-7-5-15(22-3)6-8-16/h5-10H,4,11,19H2,1-3H3,(H,20,21). The summed E-state index contributed by atoms with van der Waals surface area (Å²) in [6, 6.07) is 10.8. The van der Waals surface area contributed by atoms with Gasteiger partial charge in [0.1, 0.15) is 11.5 Å². The number of amides is 1. The first kappa shape index (κ1) is 16.7. The lowest BCUT2D eigenvalue weighted by atomic mass is 10.0. The first-order valence-electron chi connectivity index (χ1n) is 7.49. The van der Waals surface area contributed by atoms with Crippen molar-refractivity contribution in [3.63, 3.8) is 0 Å². The molecule has 0 fully saturated rings. The molecule has 0 aliphatic rings. The molecule has 0 aliphatic heterocycles. The third-order valence-electron chi connectivity index (χ3n) is 3.51. The fourth-order valence-electron chi connectivity index (χ4n) is 2.34. The molecule has 122 valence electrons. The number of aryl methyl sites for hydroxylation is 2. The quantitative estimate of drug-likeness (QED) is 0.803. The van der Waals surface area contributed by atoms with Crippen molar-refractivity contribution in [2.45, 2.75) is 20.3 Å². The highest BCUT2D eigenvalue weighted by molar-refractivity contribution is 5.93. The lowest BCUT2D eigenvalue weighted by Gasteiger charge is -2.14. The minimum Gasteiger partial charge on any atom is -0.497 e. The van der Waals surface area contributed by atoms with E-state index in [1.165, 1.54) is 0 Å². The lowest BCUT2D eigenvalue weighted by molar-refractivity contribution is -0.118. The maximum atomic E-state index is 12.1. The zero-order valence-electron chi connectivity index (χ0n) is 13.7. The highest BCUT2D eigenvalue weighted by Crippen LogP contribution is 2.25. The van der Waals surface area contributed by atoms with Crippen molar-refractivity contribution in [3.8, 4) is 11.5 Å². The van der Waals surface area contributed by atoms with E-state index in [9.17, 15) is 4.79 Å². The van der Waals surface area contributed by atoms with E-state index in [1.807, 2.05) is 26.0 Å². The smallest absolute Gasteiger partial charge is 0.262 e. The Morgan fingerprint density at radius 3 is 2.43 bits per heavy atom. The van der Waals surface area contributed by atoms with Crippen LogP contribution in [0.2, 0.25) is 0 Å². The van der Waals surface area contributed by atoms with E-state index in [2.05, 4.69) is 5.32 Å².